The van der Waals surface area contributed by atoms with Crippen LogP contribution in [0.15, 0.2) is 24.3 Å². The minimum atomic E-state index is -0.413. The highest BCUT2D eigenvalue weighted by molar-refractivity contribution is 6.02. The van der Waals surface area contributed by atoms with Gasteiger partial charge in [-0.25, -0.2) is 4.39 Å². The predicted octanol–water partition coefficient (Wildman–Crippen LogP) is 3.30. The summed E-state index contributed by atoms with van der Waals surface area (Å²) in [5.41, 5.74) is 0.367. The third-order valence-electron chi connectivity index (χ3n) is 4.93. The van der Waals surface area contributed by atoms with Crippen molar-refractivity contribution in [2.75, 3.05) is 0 Å². The first kappa shape index (κ1) is 14.2. The van der Waals surface area contributed by atoms with E-state index in [-0.39, 0.29) is 23.0 Å². The van der Waals surface area contributed by atoms with Crippen molar-refractivity contribution in [3.05, 3.63) is 35.6 Å². The van der Waals surface area contributed by atoms with E-state index in [1.165, 1.54) is 12.1 Å². The number of carbonyl (C=O) groups is 2. The summed E-state index contributed by atoms with van der Waals surface area (Å²) < 4.78 is 13.6. The first-order valence-corrected chi connectivity index (χ1v) is 7.70. The molecule has 1 saturated heterocycles. The first-order valence-electron chi connectivity index (χ1n) is 7.70. The van der Waals surface area contributed by atoms with Crippen LogP contribution in [0.5, 0.6) is 0 Å². The van der Waals surface area contributed by atoms with Gasteiger partial charge in [-0.05, 0) is 36.0 Å². The molecule has 1 aliphatic heterocycles. The maximum atomic E-state index is 13.6. The molecule has 1 saturated carbocycles. The molecule has 1 atom stereocenters. The number of nitrogens with one attached hydrogen (secondary N) is 1. The van der Waals surface area contributed by atoms with Crippen molar-refractivity contribution in [3.8, 4) is 0 Å². The summed E-state index contributed by atoms with van der Waals surface area (Å²) in [5.74, 6) is -1.20. The van der Waals surface area contributed by atoms with Crippen LogP contribution in [0.25, 0.3) is 0 Å². The zero-order chi connectivity index (χ0) is 14.9. The van der Waals surface area contributed by atoms with Crippen molar-refractivity contribution in [1.82, 2.24) is 5.32 Å². The molecule has 0 aromatic heterocycles. The molecule has 1 aromatic carbocycles. The van der Waals surface area contributed by atoms with E-state index in [1.807, 2.05) is 0 Å². The fourth-order valence-electron chi connectivity index (χ4n) is 4.04. The number of piperidine rings is 1. The topological polar surface area (TPSA) is 46.2 Å². The summed E-state index contributed by atoms with van der Waals surface area (Å²) in [6.07, 6.45) is 6.47. The zero-order valence-corrected chi connectivity index (χ0v) is 12.0. The Hall–Kier alpha value is -1.71. The highest BCUT2D eigenvalue weighted by Gasteiger charge is 2.48. The van der Waals surface area contributed by atoms with Gasteiger partial charge in [-0.15, -0.1) is 0 Å². The first-order chi connectivity index (χ1) is 10.1. The maximum absolute atomic E-state index is 13.6. The molecular formula is C17H20FNO2. The Balaban J connectivity index is 2.03. The number of hydrogen-bond acceptors (Lipinski definition) is 2. The molecule has 21 heavy (non-hydrogen) atoms. The van der Waals surface area contributed by atoms with Crippen molar-refractivity contribution in [3.63, 3.8) is 0 Å². The van der Waals surface area contributed by atoms with Crippen LogP contribution in [0.1, 0.15) is 56.4 Å². The Labute approximate surface area is 123 Å². The number of hydrogen-bond donors (Lipinski definition) is 1. The minimum Gasteiger partial charge on any atom is -0.296 e. The number of carbonyl (C=O) groups excluding carboxylic acids is 2. The van der Waals surface area contributed by atoms with E-state index in [0.717, 1.165) is 38.5 Å². The van der Waals surface area contributed by atoms with Gasteiger partial charge in [-0.1, -0.05) is 37.8 Å². The third kappa shape index (κ3) is 2.71. The molecule has 2 amide bonds. The lowest BCUT2D eigenvalue weighted by Gasteiger charge is -2.42. The van der Waals surface area contributed by atoms with Crippen LogP contribution in [0, 0.1) is 11.2 Å². The summed E-state index contributed by atoms with van der Waals surface area (Å²) in [7, 11) is 0. The van der Waals surface area contributed by atoms with Crippen molar-refractivity contribution >= 4 is 11.8 Å². The monoisotopic (exact) mass is 289 g/mol. The Morgan fingerprint density at radius 3 is 2.48 bits per heavy atom. The molecule has 1 aliphatic carbocycles. The summed E-state index contributed by atoms with van der Waals surface area (Å²) in [5, 5.41) is 2.44. The van der Waals surface area contributed by atoms with E-state index in [0.29, 0.717) is 12.0 Å². The van der Waals surface area contributed by atoms with E-state index in [4.69, 9.17) is 0 Å². The van der Waals surface area contributed by atoms with Gasteiger partial charge in [0.25, 0.3) is 0 Å². The van der Waals surface area contributed by atoms with E-state index in [2.05, 4.69) is 5.32 Å². The fraction of sp³-hybridized carbons (Fsp3) is 0.529. The van der Waals surface area contributed by atoms with Gasteiger partial charge in [0, 0.05) is 6.42 Å². The molecule has 3 nitrogen and oxygen atoms in total. The Kier molecular flexibility index (Phi) is 3.79. The second-order valence-electron chi connectivity index (χ2n) is 6.35. The number of halogens is 1. The molecular weight excluding hydrogens is 269 g/mol. The van der Waals surface area contributed by atoms with Crippen LogP contribution in [-0.2, 0) is 9.59 Å². The highest BCUT2D eigenvalue weighted by Crippen LogP contribution is 2.50. The van der Waals surface area contributed by atoms with E-state index < -0.39 is 5.92 Å². The van der Waals surface area contributed by atoms with E-state index in [9.17, 15) is 14.0 Å². The molecule has 3 rings (SSSR count). The molecule has 1 N–H and O–H groups in total. The van der Waals surface area contributed by atoms with Crippen LogP contribution >= 0.6 is 0 Å². The summed E-state index contributed by atoms with van der Waals surface area (Å²) in [4.78, 5) is 24.3. The second-order valence-corrected chi connectivity index (χ2v) is 6.35. The zero-order valence-electron chi connectivity index (χ0n) is 12.0. The molecule has 0 radical (unpaired) electrons. The summed E-state index contributed by atoms with van der Waals surface area (Å²) in [6, 6.07) is 6.26. The average molecular weight is 289 g/mol. The standard InChI is InChI=1S/C17H20FNO2/c18-13-7-5-6-12(10-13)15-16(21)19-14(20)11-17(15)8-3-1-2-4-9-17/h5-7,10,15H,1-4,8-9,11H2,(H,19,20,21). The molecule has 1 spiro atoms. The molecule has 1 unspecified atom stereocenters. The van der Waals surface area contributed by atoms with Crippen LogP contribution in [0.4, 0.5) is 4.39 Å². The third-order valence-corrected chi connectivity index (χ3v) is 4.93. The van der Waals surface area contributed by atoms with Crippen LogP contribution in [-0.4, -0.2) is 11.8 Å². The molecule has 0 bridgehead atoms. The van der Waals surface area contributed by atoms with Crippen molar-refractivity contribution in [1.29, 1.82) is 0 Å². The van der Waals surface area contributed by atoms with Crippen LogP contribution in [0.3, 0.4) is 0 Å². The normalized spacial score (nSPS) is 25.5. The number of amides is 2. The molecule has 1 aromatic rings. The SMILES string of the molecule is O=C1CC2(CCCCCC2)C(c2cccc(F)c2)C(=O)N1. The van der Waals surface area contributed by atoms with Gasteiger partial charge in [0.1, 0.15) is 5.82 Å². The lowest BCUT2D eigenvalue weighted by atomic mass is 9.63. The van der Waals surface area contributed by atoms with Gasteiger partial charge < -0.3 is 0 Å². The van der Waals surface area contributed by atoms with Gasteiger partial charge in [-0.2, -0.15) is 0 Å². The molecule has 1 heterocycles. The second kappa shape index (κ2) is 5.58. The van der Waals surface area contributed by atoms with Crippen LogP contribution < -0.4 is 5.32 Å². The number of benzene rings is 1. The molecule has 2 fully saturated rings. The van der Waals surface area contributed by atoms with Crippen LogP contribution in [0.2, 0.25) is 0 Å². The van der Waals surface area contributed by atoms with Gasteiger partial charge in [-0.3, -0.25) is 14.9 Å². The highest BCUT2D eigenvalue weighted by atomic mass is 19.1. The molecule has 112 valence electrons. The van der Waals surface area contributed by atoms with Crippen molar-refractivity contribution in [2.24, 2.45) is 5.41 Å². The van der Waals surface area contributed by atoms with Gasteiger partial charge >= 0.3 is 0 Å². The van der Waals surface area contributed by atoms with Gasteiger partial charge in [0.2, 0.25) is 11.8 Å². The lowest BCUT2D eigenvalue weighted by Crippen LogP contribution is -2.50. The summed E-state index contributed by atoms with van der Waals surface area (Å²) >= 11 is 0. The Bertz CT molecular complexity index is 562. The van der Waals surface area contributed by atoms with E-state index in [1.54, 1.807) is 12.1 Å². The Morgan fingerprint density at radius 1 is 1.10 bits per heavy atom. The fourth-order valence-corrected chi connectivity index (χ4v) is 4.04. The quantitative estimate of drug-likeness (QED) is 0.806. The lowest BCUT2D eigenvalue weighted by molar-refractivity contribution is -0.140. The van der Waals surface area contributed by atoms with Gasteiger partial charge in [0.05, 0.1) is 5.92 Å². The predicted molar refractivity (Wildman–Crippen MR) is 77.0 cm³/mol. The largest absolute Gasteiger partial charge is 0.296 e. The minimum absolute atomic E-state index is 0.186. The van der Waals surface area contributed by atoms with Gasteiger partial charge in [0.15, 0.2) is 0 Å². The Morgan fingerprint density at radius 2 is 1.81 bits per heavy atom. The number of imide groups is 1. The smallest absolute Gasteiger partial charge is 0.234 e. The van der Waals surface area contributed by atoms with E-state index >= 15 is 0 Å². The summed E-state index contributed by atoms with van der Waals surface area (Å²) in [6.45, 7) is 0. The number of rotatable bonds is 1. The van der Waals surface area contributed by atoms with Crippen molar-refractivity contribution < 1.29 is 14.0 Å². The molecule has 2 aliphatic rings. The average Bonchev–Trinajstić information content (AvgIpc) is 2.64. The van der Waals surface area contributed by atoms with Crippen molar-refractivity contribution in [2.45, 2.75) is 50.9 Å². The maximum Gasteiger partial charge on any atom is 0.234 e. The molecule has 4 heteroatoms.